The fourth-order valence-corrected chi connectivity index (χ4v) is 2.17. The van der Waals surface area contributed by atoms with E-state index >= 15 is 0 Å². The fourth-order valence-electron chi connectivity index (χ4n) is 1.84. The van der Waals surface area contributed by atoms with Crippen molar-refractivity contribution in [3.05, 3.63) is 58.6 Å². The Morgan fingerprint density at radius 2 is 2.05 bits per heavy atom. The van der Waals surface area contributed by atoms with Crippen LogP contribution in [0.15, 0.2) is 42.5 Å². The third kappa shape index (κ3) is 2.87. The third-order valence-corrected chi connectivity index (χ3v) is 3.22. The lowest BCUT2D eigenvalue weighted by Crippen LogP contribution is -2.10. The molecule has 0 radical (unpaired) electrons. The van der Waals surface area contributed by atoms with E-state index in [9.17, 15) is 0 Å². The summed E-state index contributed by atoms with van der Waals surface area (Å²) in [6, 6.07) is 14.8. The summed E-state index contributed by atoms with van der Waals surface area (Å²) in [5, 5.41) is 18.5. The van der Waals surface area contributed by atoms with Crippen LogP contribution in [0, 0.1) is 11.3 Å². The molecule has 0 aliphatic heterocycles. The molecular formula is C15H13ClN2O. The average Bonchev–Trinajstić information content (AvgIpc) is 2.46. The van der Waals surface area contributed by atoms with Gasteiger partial charge in [0.15, 0.2) is 0 Å². The summed E-state index contributed by atoms with van der Waals surface area (Å²) in [4.78, 5) is 1.91. The van der Waals surface area contributed by atoms with Crippen LogP contribution in [0.2, 0.25) is 5.02 Å². The van der Waals surface area contributed by atoms with Crippen molar-refractivity contribution < 1.29 is 5.11 Å². The third-order valence-electron chi connectivity index (χ3n) is 2.92. The lowest BCUT2D eigenvalue weighted by molar-refractivity contribution is 0.282. The fraction of sp³-hybridized carbons (Fsp3) is 0.133. The molecular weight excluding hydrogens is 260 g/mol. The Morgan fingerprint density at radius 3 is 2.68 bits per heavy atom. The van der Waals surface area contributed by atoms with E-state index in [1.165, 1.54) is 0 Å². The van der Waals surface area contributed by atoms with Gasteiger partial charge in [0, 0.05) is 12.7 Å². The molecule has 0 unspecified atom stereocenters. The minimum atomic E-state index is -0.0341. The van der Waals surface area contributed by atoms with Crippen LogP contribution in [0.3, 0.4) is 0 Å². The minimum Gasteiger partial charge on any atom is -0.392 e. The Kier molecular flexibility index (Phi) is 4.06. The predicted molar refractivity (Wildman–Crippen MR) is 76.6 cm³/mol. The monoisotopic (exact) mass is 272 g/mol. The largest absolute Gasteiger partial charge is 0.392 e. The molecule has 0 bridgehead atoms. The molecule has 3 nitrogen and oxygen atoms in total. The maximum atomic E-state index is 9.07. The first kappa shape index (κ1) is 13.4. The molecule has 0 aliphatic carbocycles. The number of hydrogen-bond donors (Lipinski definition) is 1. The molecule has 1 N–H and O–H groups in total. The van der Waals surface area contributed by atoms with Crippen molar-refractivity contribution in [2.75, 3.05) is 11.9 Å². The van der Waals surface area contributed by atoms with Crippen molar-refractivity contribution in [1.82, 2.24) is 0 Å². The normalized spacial score (nSPS) is 10.0. The molecule has 0 saturated carbocycles. The number of rotatable bonds is 3. The minimum absolute atomic E-state index is 0.0341. The highest BCUT2D eigenvalue weighted by Crippen LogP contribution is 2.31. The zero-order valence-electron chi connectivity index (χ0n) is 10.5. The first-order valence-electron chi connectivity index (χ1n) is 5.79. The smallest absolute Gasteiger partial charge is 0.0992 e. The van der Waals surface area contributed by atoms with Crippen LogP contribution in [-0.2, 0) is 6.61 Å². The number of aliphatic hydroxyl groups is 1. The van der Waals surface area contributed by atoms with Gasteiger partial charge < -0.3 is 10.0 Å². The number of nitrogens with zero attached hydrogens (tertiary/aromatic N) is 2. The average molecular weight is 273 g/mol. The van der Waals surface area contributed by atoms with Crippen molar-refractivity contribution in [3.63, 3.8) is 0 Å². The molecule has 0 aliphatic rings. The molecule has 0 atom stereocenters. The second kappa shape index (κ2) is 5.75. The first-order chi connectivity index (χ1) is 9.15. The Bertz CT molecular complexity index is 634. The Balaban J connectivity index is 2.38. The van der Waals surface area contributed by atoms with Crippen LogP contribution in [0.4, 0.5) is 11.4 Å². The number of nitriles is 1. The van der Waals surface area contributed by atoms with Gasteiger partial charge in [-0.15, -0.1) is 0 Å². The Morgan fingerprint density at radius 1 is 1.26 bits per heavy atom. The molecule has 0 saturated heterocycles. The molecule has 0 heterocycles. The molecule has 0 spiro atoms. The van der Waals surface area contributed by atoms with Crippen LogP contribution in [0.1, 0.15) is 11.1 Å². The molecule has 4 heteroatoms. The lowest BCUT2D eigenvalue weighted by Gasteiger charge is -2.21. The topological polar surface area (TPSA) is 47.3 Å². The van der Waals surface area contributed by atoms with Gasteiger partial charge in [-0.3, -0.25) is 0 Å². The number of halogens is 1. The number of anilines is 2. The molecule has 19 heavy (non-hydrogen) atoms. The highest BCUT2D eigenvalue weighted by molar-refractivity contribution is 6.33. The van der Waals surface area contributed by atoms with E-state index in [-0.39, 0.29) is 6.61 Å². The summed E-state index contributed by atoms with van der Waals surface area (Å²) in [5.41, 5.74) is 3.09. The zero-order chi connectivity index (χ0) is 13.8. The van der Waals surface area contributed by atoms with Crippen molar-refractivity contribution in [2.45, 2.75) is 6.61 Å². The maximum absolute atomic E-state index is 9.07. The van der Waals surface area contributed by atoms with Crippen LogP contribution in [0.25, 0.3) is 0 Å². The number of aliphatic hydroxyl groups excluding tert-OH is 1. The summed E-state index contributed by atoms with van der Waals surface area (Å²) in [6.07, 6.45) is 0. The van der Waals surface area contributed by atoms with Gasteiger partial charge in [-0.2, -0.15) is 5.26 Å². The van der Waals surface area contributed by atoms with Crippen molar-refractivity contribution in [1.29, 1.82) is 5.26 Å². The molecule has 2 aromatic rings. The molecule has 0 amide bonds. The summed E-state index contributed by atoms with van der Waals surface area (Å²) in [7, 11) is 1.89. The van der Waals surface area contributed by atoms with Gasteiger partial charge in [-0.1, -0.05) is 23.7 Å². The molecule has 2 aromatic carbocycles. The number of benzene rings is 2. The van der Waals surface area contributed by atoms with Crippen molar-refractivity contribution in [2.24, 2.45) is 0 Å². The highest BCUT2D eigenvalue weighted by atomic mass is 35.5. The van der Waals surface area contributed by atoms with E-state index in [0.717, 1.165) is 16.9 Å². The van der Waals surface area contributed by atoms with Gasteiger partial charge in [0.1, 0.15) is 0 Å². The SMILES string of the molecule is CN(c1cccc(C#N)c1)c1ccc(CO)cc1Cl. The molecule has 2 rings (SSSR count). The predicted octanol–water partition coefficient (Wildman–Crippen LogP) is 3.47. The molecule has 96 valence electrons. The van der Waals surface area contributed by atoms with Gasteiger partial charge in [0.25, 0.3) is 0 Å². The van der Waals surface area contributed by atoms with Gasteiger partial charge >= 0.3 is 0 Å². The summed E-state index contributed by atoms with van der Waals surface area (Å²) < 4.78 is 0. The summed E-state index contributed by atoms with van der Waals surface area (Å²) >= 11 is 6.21. The molecule has 0 fully saturated rings. The van der Waals surface area contributed by atoms with E-state index < -0.39 is 0 Å². The molecule has 0 aromatic heterocycles. The lowest BCUT2D eigenvalue weighted by atomic mass is 10.1. The van der Waals surface area contributed by atoms with Crippen molar-refractivity contribution >= 4 is 23.0 Å². The van der Waals surface area contributed by atoms with Gasteiger partial charge in [-0.25, -0.2) is 0 Å². The van der Waals surface area contributed by atoms with E-state index in [2.05, 4.69) is 6.07 Å². The van der Waals surface area contributed by atoms with Gasteiger partial charge in [0.2, 0.25) is 0 Å². The second-order valence-electron chi connectivity index (χ2n) is 4.17. The van der Waals surface area contributed by atoms with Gasteiger partial charge in [-0.05, 0) is 35.9 Å². The van der Waals surface area contributed by atoms with Crippen LogP contribution in [0.5, 0.6) is 0 Å². The standard InChI is InChI=1S/C15H13ClN2O/c1-18(13-4-2-3-11(7-13)9-17)15-6-5-12(10-19)8-14(15)16/h2-8,19H,10H2,1H3. The number of hydrogen-bond acceptors (Lipinski definition) is 3. The Hall–Kier alpha value is -2.02. The zero-order valence-corrected chi connectivity index (χ0v) is 11.2. The summed E-state index contributed by atoms with van der Waals surface area (Å²) in [6.45, 7) is -0.0341. The maximum Gasteiger partial charge on any atom is 0.0992 e. The highest BCUT2D eigenvalue weighted by Gasteiger charge is 2.09. The van der Waals surface area contributed by atoms with Crippen LogP contribution in [-0.4, -0.2) is 12.2 Å². The van der Waals surface area contributed by atoms with E-state index in [1.54, 1.807) is 18.2 Å². The van der Waals surface area contributed by atoms with Crippen LogP contribution < -0.4 is 4.90 Å². The van der Waals surface area contributed by atoms with E-state index in [0.29, 0.717) is 10.6 Å². The van der Waals surface area contributed by atoms with E-state index in [1.807, 2.05) is 36.2 Å². The Labute approximate surface area is 117 Å². The first-order valence-corrected chi connectivity index (χ1v) is 6.16. The van der Waals surface area contributed by atoms with Crippen molar-refractivity contribution in [3.8, 4) is 6.07 Å². The summed E-state index contributed by atoms with van der Waals surface area (Å²) in [5.74, 6) is 0. The van der Waals surface area contributed by atoms with E-state index in [4.69, 9.17) is 22.0 Å². The van der Waals surface area contributed by atoms with Crippen LogP contribution >= 0.6 is 11.6 Å². The van der Waals surface area contributed by atoms with Gasteiger partial charge in [0.05, 0.1) is 28.9 Å². The second-order valence-corrected chi connectivity index (χ2v) is 4.57. The quantitative estimate of drug-likeness (QED) is 0.931.